The van der Waals surface area contributed by atoms with Gasteiger partial charge in [0.1, 0.15) is 0 Å². The van der Waals surface area contributed by atoms with Crippen molar-refractivity contribution in [1.29, 1.82) is 0 Å². The molecule has 0 fully saturated rings. The van der Waals surface area contributed by atoms with Crippen LogP contribution in [-0.4, -0.2) is 23.9 Å². The third kappa shape index (κ3) is 2.21. The first-order valence-electron chi connectivity index (χ1n) is 4.33. The summed E-state index contributed by atoms with van der Waals surface area (Å²) in [6.45, 7) is 5.18. The Hall–Kier alpha value is -1.05. The second-order valence-electron chi connectivity index (χ2n) is 4.30. The molecule has 8 heteroatoms. The van der Waals surface area contributed by atoms with Gasteiger partial charge in [-0.3, -0.25) is 0 Å². The predicted molar refractivity (Wildman–Crippen MR) is 50.5 cm³/mol. The molecule has 0 unspecified atom stereocenters. The van der Waals surface area contributed by atoms with E-state index in [1.807, 2.05) is 0 Å². The summed E-state index contributed by atoms with van der Waals surface area (Å²) in [5.74, 6) is 0. The highest BCUT2D eigenvalue weighted by molar-refractivity contribution is 7.92. The largest absolute Gasteiger partial charge is 0.504 e. The molecule has 0 saturated heterocycles. The van der Waals surface area contributed by atoms with Crippen LogP contribution < -0.4 is 0 Å². The van der Waals surface area contributed by atoms with Gasteiger partial charge >= 0.3 is 15.3 Å². The van der Waals surface area contributed by atoms with Crippen LogP contribution in [0.4, 0.5) is 13.2 Å². The van der Waals surface area contributed by atoms with Crippen molar-refractivity contribution in [2.75, 3.05) is 0 Å². The van der Waals surface area contributed by atoms with Crippen molar-refractivity contribution >= 4 is 9.84 Å². The van der Waals surface area contributed by atoms with Gasteiger partial charge in [0.05, 0.1) is 0 Å². The number of halogens is 3. The maximum atomic E-state index is 12.2. The first-order valence-corrected chi connectivity index (χ1v) is 5.81. The average molecular weight is 256 g/mol. The van der Waals surface area contributed by atoms with Crippen molar-refractivity contribution < 1.29 is 21.6 Å². The molecule has 1 aromatic rings. The van der Waals surface area contributed by atoms with E-state index in [2.05, 4.69) is 9.97 Å². The molecule has 0 aliphatic carbocycles. The Bertz CT molecular complexity index is 482. The zero-order valence-corrected chi connectivity index (χ0v) is 9.70. The molecule has 1 heterocycles. The van der Waals surface area contributed by atoms with Gasteiger partial charge in [0.25, 0.3) is 0 Å². The number of aromatic nitrogens is 2. The fraction of sp³-hybridized carbons (Fsp3) is 0.625. The number of imidazole rings is 1. The third-order valence-electron chi connectivity index (χ3n) is 1.92. The number of nitrogens with one attached hydrogen (secondary N) is 1. The summed E-state index contributed by atoms with van der Waals surface area (Å²) >= 11 is 0. The van der Waals surface area contributed by atoms with Crippen LogP contribution >= 0.6 is 0 Å². The molecule has 1 rings (SSSR count). The van der Waals surface area contributed by atoms with Crippen LogP contribution in [0.3, 0.4) is 0 Å². The minimum Gasteiger partial charge on any atom is -0.332 e. The van der Waals surface area contributed by atoms with Crippen LogP contribution in [0.5, 0.6) is 0 Å². The van der Waals surface area contributed by atoms with Crippen LogP contribution in [0, 0.1) is 0 Å². The van der Waals surface area contributed by atoms with Crippen molar-refractivity contribution in [3.63, 3.8) is 0 Å². The summed E-state index contributed by atoms with van der Waals surface area (Å²) in [5.41, 5.74) is -5.50. The van der Waals surface area contributed by atoms with Crippen LogP contribution in [0.2, 0.25) is 0 Å². The number of hydrogen-bond donors (Lipinski definition) is 1. The van der Waals surface area contributed by atoms with Crippen molar-refractivity contribution in [3.8, 4) is 0 Å². The second kappa shape index (κ2) is 3.47. The fourth-order valence-corrected chi connectivity index (χ4v) is 1.59. The monoisotopic (exact) mass is 256 g/mol. The van der Waals surface area contributed by atoms with Crippen molar-refractivity contribution in [1.82, 2.24) is 9.97 Å². The number of nitrogens with zero attached hydrogens (tertiary/aromatic N) is 1. The van der Waals surface area contributed by atoms with Gasteiger partial charge in [-0.25, -0.2) is 13.4 Å². The van der Waals surface area contributed by atoms with Gasteiger partial charge in [0.2, 0.25) is 5.16 Å². The smallest absolute Gasteiger partial charge is 0.332 e. The molecule has 0 aliphatic heterocycles. The second-order valence-corrected chi connectivity index (χ2v) is 6.16. The summed E-state index contributed by atoms with van der Waals surface area (Å²) in [6.07, 6.45) is 1.10. The van der Waals surface area contributed by atoms with E-state index in [-0.39, 0.29) is 0 Å². The summed E-state index contributed by atoms with van der Waals surface area (Å²) in [6, 6.07) is 0. The van der Waals surface area contributed by atoms with Crippen molar-refractivity contribution in [3.05, 3.63) is 11.9 Å². The van der Waals surface area contributed by atoms with Crippen LogP contribution in [-0.2, 0) is 15.3 Å². The summed E-state index contributed by atoms with van der Waals surface area (Å²) in [7, 11) is -5.38. The van der Waals surface area contributed by atoms with E-state index in [1.54, 1.807) is 20.8 Å². The molecule has 16 heavy (non-hydrogen) atoms. The van der Waals surface area contributed by atoms with Gasteiger partial charge in [-0.05, 0) is 0 Å². The van der Waals surface area contributed by atoms with Gasteiger partial charge in [-0.15, -0.1) is 0 Å². The van der Waals surface area contributed by atoms with E-state index in [9.17, 15) is 21.6 Å². The minimum absolute atomic E-state index is 0.329. The Labute approximate surface area is 90.8 Å². The SMILES string of the molecule is CC(C)(C)c1cnc(S(=O)(=O)C(F)(F)F)[nH]1. The van der Waals surface area contributed by atoms with Crippen LogP contribution in [0.25, 0.3) is 0 Å². The summed E-state index contributed by atoms with van der Waals surface area (Å²) < 4.78 is 58.5. The fourth-order valence-electron chi connectivity index (χ4n) is 0.930. The average Bonchev–Trinajstić information content (AvgIpc) is 2.47. The molecule has 0 aliphatic rings. The number of H-pyrrole nitrogens is 1. The summed E-state index contributed by atoms with van der Waals surface area (Å²) in [4.78, 5) is 5.44. The molecule has 4 nitrogen and oxygen atoms in total. The lowest BCUT2D eigenvalue weighted by Gasteiger charge is -2.15. The molecule has 0 bridgehead atoms. The molecule has 0 radical (unpaired) electrons. The lowest BCUT2D eigenvalue weighted by Crippen LogP contribution is -2.24. The highest BCUT2D eigenvalue weighted by atomic mass is 32.2. The van der Waals surface area contributed by atoms with Gasteiger partial charge in [-0.1, -0.05) is 20.8 Å². The van der Waals surface area contributed by atoms with Gasteiger partial charge in [-0.2, -0.15) is 13.2 Å². The van der Waals surface area contributed by atoms with Crippen LogP contribution in [0.15, 0.2) is 11.4 Å². The number of hydrogen-bond acceptors (Lipinski definition) is 3. The zero-order chi connectivity index (χ0) is 12.8. The topological polar surface area (TPSA) is 62.8 Å². The Kier molecular flexibility index (Phi) is 2.83. The first-order chi connectivity index (χ1) is 6.96. The van der Waals surface area contributed by atoms with Crippen LogP contribution in [0.1, 0.15) is 26.5 Å². The molecule has 0 spiro atoms. The van der Waals surface area contributed by atoms with E-state index in [4.69, 9.17) is 0 Å². The Morgan fingerprint density at radius 2 is 1.75 bits per heavy atom. The lowest BCUT2D eigenvalue weighted by molar-refractivity contribution is -0.0440. The summed E-state index contributed by atoms with van der Waals surface area (Å²) in [5, 5.41) is -1.06. The molecule has 1 N–H and O–H groups in total. The standard InChI is InChI=1S/C8H11F3N2O2S/c1-7(2,3)5-4-12-6(13-5)16(14,15)8(9,10)11/h4H,1-3H3,(H,12,13). The molecular weight excluding hydrogens is 245 g/mol. The zero-order valence-electron chi connectivity index (χ0n) is 8.88. The first kappa shape index (κ1) is 13.0. The number of rotatable bonds is 1. The Morgan fingerprint density at radius 3 is 2.06 bits per heavy atom. The van der Waals surface area contributed by atoms with Crippen molar-refractivity contribution in [2.45, 2.75) is 36.9 Å². The van der Waals surface area contributed by atoms with Gasteiger partial charge < -0.3 is 4.98 Å². The lowest BCUT2D eigenvalue weighted by atomic mass is 9.93. The molecular formula is C8H11F3N2O2S. The molecule has 0 aromatic carbocycles. The van der Waals surface area contributed by atoms with Gasteiger partial charge in [0, 0.05) is 17.3 Å². The molecule has 1 aromatic heterocycles. The number of aromatic amines is 1. The molecule has 92 valence electrons. The minimum atomic E-state index is -5.38. The van der Waals surface area contributed by atoms with E-state index in [0.29, 0.717) is 5.69 Å². The predicted octanol–water partition coefficient (Wildman–Crippen LogP) is 2.00. The molecule has 0 amide bonds. The van der Waals surface area contributed by atoms with E-state index in [1.165, 1.54) is 0 Å². The highest BCUT2D eigenvalue weighted by Gasteiger charge is 2.49. The maximum Gasteiger partial charge on any atom is 0.504 e. The Morgan fingerprint density at radius 1 is 1.25 bits per heavy atom. The van der Waals surface area contributed by atoms with Gasteiger partial charge in [0.15, 0.2) is 0 Å². The Balaban J connectivity index is 3.24. The normalized spacial score (nSPS) is 14.1. The third-order valence-corrected chi connectivity index (χ3v) is 3.25. The molecule has 0 atom stereocenters. The number of sulfone groups is 1. The van der Waals surface area contributed by atoms with E-state index < -0.39 is 25.9 Å². The van der Waals surface area contributed by atoms with Crippen molar-refractivity contribution in [2.24, 2.45) is 0 Å². The van der Waals surface area contributed by atoms with E-state index in [0.717, 1.165) is 6.20 Å². The maximum absolute atomic E-state index is 12.2. The number of alkyl halides is 3. The quantitative estimate of drug-likeness (QED) is 0.835. The highest BCUT2D eigenvalue weighted by Crippen LogP contribution is 2.30. The van der Waals surface area contributed by atoms with E-state index >= 15 is 0 Å². The molecule has 0 saturated carbocycles.